The standard InChI is InChI=1S/C17H35N3/c1-4-14-8-9-15(12-18)17(11-14)19(3)13-16-7-6-10-20(16)5-2/h14-17H,4-13,18H2,1-3H3. The van der Waals surface area contributed by atoms with Crippen molar-refractivity contribution in [3.05, 3.63) is 0 Å². The summed E-state index contributed by atoms with van der Waals surface area (Å²) in [4.78, 5) is 5.31. The van der Waals surface area contributed by atoms with Crippen LogP contribution in [0.25, 0.3) is 0 Å². The summed E-state index contributed by atoms with van der Waals surface area (Å²) in [5.41, 5.74) is 6.04. The molecule has 0 spiro atoms. The van der Waals surface area contributed by atoms with E-state index in [4.69, 9.17) is 5.73 Å². The molecule has 2 rings (SSSR count). The van der Waals surface area contributed by atoms with Crippen LogP contribution in [-0.4, -0.2) is 55.1 Å². The highest BCUT2D eigenvalue weighted by Crippen LogP contribution is 2.33. The number of nitrogens with two attached hydrogens (primary N) is 1. The molecule has 118 valence electrons. The molecule has 3 nitrogen and oxygen atoms in total. The van der Waals surface area contributed by atoms with Crippen molar-refractivity contribution in [3.8, 4) is 0 Å². The van der Waals surface area contributed by atoms with E-state index < -0.39 is 0 Å². The number of nitrogens with zero attached hydrogens (tertiary/aromatic N) is 2. The topological polar surface area (TPSA) is 32.5 Å². The van der Waals surface area contributed by atoms with Gasteiger partial charge in [-0.15, -0.1) is 0 Å². The summed E-state index contributed by atoms with van der Waals surface area (Å²) < 4.78 is 0. The summed E-state index contributed by atoms with van der Waals surface area (Å²) in [6.07, 6.45) is 8.21. The van der Waals surface area contributed by atoms with Crippen molar-refractivity contribution in [3.63, 3.8) is 0 Å². The maximum Gasteiger partial charge on any atom is 0.0223 e. The average molecular weight is 281 g/mol. The van der Waals surface area contributed by atoms with Gasteiger partial charge in [0.15, 0.2) is 0 Å². The Morgan fingerprint density at radius 1 is 1.20 bits per heavy atom. The van der Waals surface area contributed by atoms with Crippen LogP contribution in [0.15, 0.2) is 0 Å². The normalized spacial score (nSPS) is 35.9. The molecule has 1 heterocycles. The van der Waals surface area contributed by atoms with Crippen molar-refractivity contribution in [1.29, 1.82) is 0 Å². The van der Waals surface area contributed by atoms with Crippen LogP contribution in [0.2, 0.25) is 0 Å². The maximum atomic E-state index is 6.04. The molecule has 2 N–H and O–H groups in total. The van der Waals surface area contributed by atoms with E-state index in [1.807, 2.05) is 0 Å². The predicted octanol–water partition coefficient (Wildman–Crippen LogP) is 2.56. The fourth-order valence-electron chi connectivity index (χ4n) is 4.47. The molecule has 0 aromatic carbocycles. The molecule has 1 saturated heterocycles. The molecule has 20 heavy (non-hydrogen) atoms. The molecule has 2 fully saturated rings. The Hall–Kier alpha value is -0.120. The zero-order chi connectivity index (χ0) is 14.5. The summed E-state index contributed by atoms with van der Waals surface area (Å²) in [5.74, 6) is 1.65. The number of hydrogen-bond acceptors (Lipinski definition) is 3. The molecule has 0 bridgehead atoms. The molecule has 0 aromatic rings. The molecule has 4 atom stereocenters. The highest BCUT2D eigenvalue weighted by atomic mass is 15.2. The molecule has 0 amide bonds. The smallest absolute Gasteiger partial charge is 0.0223 e. The second-order valence-corrected chi connectivity index (χ2v) is 7.01. The molecule has 4 unspecified atom stereocenters. The maximum absolute atomic E-state index is 6.04. The van der Waals surface area contributed by atoms with Crippen LogP contribution in [-0.2, 0) is 0 Å². The third-order valence-electron chi connectivity index (χ3n) is 5.91. The van der Waals surface area contributed by atoms with Crippen molar-refractivity contribution >= 4 is 0 Å². The van der Waals surface area contributed by atoms with Crippen molar-refractivity contribution < 1.29 is 0 Å². The zero-order valence-corrected chi connectivity index (χ0v) is 13.9. The quantitative estimate of drug-likeness (QED) is 0.812. The Labute approximate surface area is 125 Å². The lowest BCUT2D eigenvalue weighted by Gasteiger charge is -2.42. The first-order valence-corrected chi connectivity index (χ1v) is 8.83. The van der Waals surface area contributed by atoms with E-state index in [9.17, 15) is 0 Å². The molecule has 1 aliphatic heterocycles. The van der Waals surface area contributed by atoms with E-state index in [1.54, 1.807) is 0 Å². The van der Waals surface area contributed by atoms with Gasteiger partial charge in [0.25, 0.3) is 0 Å². The predicted molar refractivity (Wildman–Crippen MR) is 86.9 cm³/mol. The average Bonchev–Trinajstić information content (AvgIpc) is 2.93. The first-order chi connectivity index (χ1) is 9.69. The first kappa shape index (κ1) is 16.3. The highest BCUT2D eigenvalue weighted by molar-refractivity contribution is 4.89. The van der Waals surface area contributed by atoms with Gasteiger partial charge in [-0.25, -0.2) is 0 Å². The van der Waals surface area contributed by atoms with E-state index in [0.29, 0.717) is 0 Å². The number of likely N-dealkylation sites (N-methyl/N-ethyl adjacent to an activating group) is 2. The van der Waals surface area contributed by atoms with Crippen LogP contribution < -0.4 is 5.73 Å². The largest absolute Gasteiger partial charge is 0.330 e. The van der Waals surface area contributed by atoms with Crippen LogP contribution in [0, 0.1) is 11.8 Å². The van der Waals surface area contributed by atoms with Gasteiger partial charge in [-0.2, -0.15) is 0 Å². The molecule has 1 aliphatic carbocycles. The van der Waals surface area contributed by atoms with Crippen molar-refractivity contribution in [1.82, 2.24) is 9.80 Å². The highest BCUT2D eigenvalue weighted by Gasteiger charge is 2.33. The summed E-state index contributed by atoms with van der Waals surface area (Å²) in [6, 6.07) is 1.50. The van der Waals surface area contributed by atoms with E-state index >= 15 is 0 Å². The minimum atomic E-state index is 0.720. The summed E-state index contributed by atoms with van der Waals surface area (Å²) in [7, 11) is 2.34. The second-order valence-electron chi connectivity index (χ2n) is 7.01. The van der Waals surface area contributed by atoms with Gasteiger partial charge < -0.3 is 10.6 Å². The summed E-state index contributed by atoms with van der Waals surface area (Å²) in [6.45, 7) is 9.27. The first-order valence-electron chi connectivity index (χ1n) is 8.83. The zero-order valence-electron chi connectivity index (χ0n) is 13.9. The third-order valence-corrected chi connectivity index (χ3v) is 5.91. The molecule has 1 saturated carbocycles. The number of hydrogen-bond donors (Lipinski definition) is 1. The van der Waals surface area contributed by atoms with E-state index in [1.165, 1.54) is 58.2 Å². The minimum Gasteiger partial charge on any atom is -0.330 e. The van der Waals surface area contributed by atoms with Gasteiger partial charge in [0.2, 0.25) is 0 Å². The number of rotatable bonds is 6. The lowest BCUT2D eigenvalue weighted by atomic mass is 9.76. The summed E-state index contributed by atoms with van der Waals surface area (Å²) >= 11 is 0. The van der Waals surface area contributed by atoms with E-state index in [2.05, 4.69) is 30.7 Å². The van der Waals surface area contributed by atoms with Gasteiger partial charge >= 0.3 is 0 Å². The minimum absolute atomic E-state index is 0.720. The molecule has 2 aliphatic rings. The van der Waals surface area contributed by atoms with Crippen molar-refractivity contribution in [2.24, 2.45) is 17.6 Å². The lowest BCUT2D eigenvalue weighted by Crippen LogP contribution is -2.49. The Morgan fingerprint density at radius 3 is 2.65 bits per heavy atom. The van der Waals surface area contributed by atoms with Gasteiger partial charge in [0.1, 0.15) is 0 Å². The van der Waals surface area contributed by atoms with Crippen molar-refractivity contribution in [2.75, 3.05) is 33.2 Å². The Balaban J connectivity index is 1.92. The van der Waals surface area contributed by atoms with Gasteiger partial charge in [-0.1, -0.05) is 26.7 Å². The second kappa shape index (κ2) is 7.77. The molecule has 3 heteroatoms. The molecule has 0 radical (unpaired) electrons. The fourth-order valence-corrected chi connectivity index (χ4v) is 4.47. The van der Waals surface area contributed by atoms with Crippen LogP contribution >= 0.6 is 0 Å². The third kappa shape index (κ3) is 3.75. The monoisotopic (exact) mass is 281 g/mol. The van der Waals surface area contributed by atoms with Gasteiger partial charge in [0, 0.05) is 18.6 Å². The Kier molecular flexibility index (Phi) is 6.31. The molecular weight excluding hydrogens is 246 g/mol. The van der Waals surface area contributed by atoms with Crippen LogP contribution in [0.1, 0.15) is 52.4 Å². The van der Waals surface area contributed by atoms with E-state index in [-0.39, 0.29) is 0 Å². The Morgan fingerprint density at radius 2 is 2.00 bits per heavy atom. The summed E-state index contributed by atoms with van der Waals surface area (Å²) in [5, 5.41) is 0. The SMILES string of the molecule is CCC1CCC(CN)C(N(C)CC2CCCN2CC)C1. The van der Waals surface area contributed by atoms with Gasteiger partial charge in [-0.3, -0.25) is 4.90 Å². The van der Waals surface area contributed by atoms with E-state index in [0.717, 1.165) is 30.5 Å². The molecule has 0 aromatic heterocycles. The Bertz CT molecular complexity index is 281. The van der Waals surface area contributed by atoms with Gasteiger partial charge in [-0.05, 0) is 64.2 Å². The number of likely N-dealkylation sites (tertiary alicyclic amines) is 1. The van der Waals surface area contributed by atoms with Crippen LogP contribution in [0.4, 0.5) is 0 Å². The molecular formula is C17H35N3. The van der Waals surface area contributed by atoms with Crippen LogP contribution in [0.3, 0.4) is 0 Å². The van der Waals surface area contributed by atoms with Gasteiger partial charge in [0.05, 0.1) is 0 Å². The fraction of sp³-hybridized carbons (Fsp3) is 1.00. The lowest BCUT2D eigenvalue weighted by molar-refractivity contribution is 0.0795. The van der Waals surface area contributed by atoms with Crippen molar-refractivity contribution in [2.45, 2.75) is 64.5 Å². The van der Waals surface area contributed by atoms with Crippen LogP contribution in [0.5, 0.6) is 0 Å².